The molecule has 1 heterocycles. The predicted molar refractivity (Wildman–Crippen MR) is 127 cm³/mol. The summed E-state index contributed by atoms with van der Waals surface area (Å²) < 4.78 is 0. The van der Waals surface area contributed by atoms with Crippen molar-refractivity contribution < 1.29 is 4.79 Å². The number of hydrogen-bond acceptors (Lipinski definition) is 3. The van der Waals surface area contributed by atoms with Crippen molar-refractivity contribution in [3.63, 3.8) is 0 Å². The lowest BCUT2D eigenvalue weighted by molar-refractivity contribution is -0.114. The fourth-order valence-corrected chi connectivity index (χ4v) is 3.19. The van der Waals surface area contributed by atoms with Gasteiger partial charge < -0.3 is 20.9 Å². The SMILES string of the molecule is CC(=O)Nc1cccc(CN=C(N)N2CCN(c3ccc(Cl)cc3)CC2)c1.I. The van der Waals surface area contributed by atoms with Crippen LogP contribution in [-0.2, 0) is 11.3 Å². The number of rotatable bonds is 4. The number of carbonyl (C=O) groups excluding carboxylic acids is 1. The summed E-state index contributed by atoms with van der Waals surface area (Å²) >= 11 is 5.96. The number of nitrogens with one attached hydrogen (secondary N) is 1. The Balaban J connectivity index is 0.00000280. The summed E-state index contributed by atoms with van der Waals surface area (Å²) in [5.74, 6) is 0.462. The van der Waals surface area contributed by atoms with Crippen LogP contribution in [0.15, 0.2) is 53.5 Å². The van der Waals surface area contributed by atoms with Gasteiger partial charge in [0, 0.05) is 49.5 Å². The van der Waals surface area contributed by atoms with Crippen molar-refractivity contribution >= 4 is 58.8 Å². The minimum absolute atomic E-state index is 0. The predicted octanol–water partition coefficient (Wildman–Crippen LogP) is 3.55. The van der Waals surface area contributed by atoms with E-state index in [9.17, 15) is 4.79 Å². The zero-order chi connectivity index (χ0) is 19.2. The normalized spacial score (nSPS) is 14.4. The highest BCUT2D eigenvalue weighted by Gasteiger charge is 2.18. The molecular weight excluding hydrogens is 489 g/mol. The van der Waals surface area contributed by atoms with Crippen LogP contribution >= 0.6 is 35.6 Å². The molecule has 150 valence electrons. The van der Waals surface area contributed by atoms with E-state index in [1.807, 2.05) is 48.5 Å². The Morgan fingerprint density at radius 1 is 1.14 bits per heavy atom. The van der Waals surface area contributed by atoms with Crippen molar-refractivity contribution in [2.24, 2.45) is 10.7 Å². The van der Waals surface area contributed by atoms with Gasteiger partial charge in [0.15, 0.2) is 5.96 Å². The number of guanidine groups is 1. The number of hydrogen-bond donors (Lipinski definition) is 2. The Kier molecular flexibility index (Phi) is 8.37. The van der Waals surface area contributed by atoms with Gasteiger partial charge in [0.2, 0.25) is 5.91 Å². The zero-order valence-electron chi connectivity index (χ0n) is 15.8. The van der Waals surface area contributed by atoms with E-state index in [4.69, 9.17) is 17.3 Å². The van der Waals surface area contributed by atoms with Crippen LogP contribution in [-0.4, -0.2) is 42.9 Å². The maximum absolute atomic E-state index is 11.2. The number of aliphatic imine (C=N–C) groups is 1. The summed E-state index contributed by atoms with van der Waals surface area (Å²) in [7, 11) is 0. The lowest BCUT2D eigenvalue weighted by Crippen LogP contribution is -2.51. The number of halogens is 2. The van der Waals surface area contributed by atoms with Crippen LogP contribution in [0.2, 0.25) is 5.02 Å². The summed E-state index contributed by atoms with van der Waals surface area (Å²) in [6.07, 6.45) is 0. The molecule has 1 aliphatic rings. The molecule has 28 heavy (non-hydrogen) atoms. The minimum atomic E-state index is -0.0891. The Morgan fingerprint density at radius 2 is 1.82 bits per heavy atom. The van der Waals surface area contributed by atoms with Crippen molar-refractivity contribution in [2.45, 2.75) is 13.5 Å². The number of amides is 1. The maximum Gasteiger partial charge on any atom is 0.221 e. The van der Waals surface area contributed by atoms with E-state index in [1.54, 1.807) is 0 Å². The second kappa shape index (κ2) is 10.5. The van der Waals surface area contributed by atoms with E-state index >= 15 is 0 Å². The highest BCUT2D eigenvalue weighted by atomic mass is 127. The van der Waals surface area contributed by atoms with E-state index in [2.05, 4.69) is 20.1 Å². The Hall–Kier alpha value is -2.00. The molecule has 1 fully saturated rings. The number of anilines is 2. The van der Waals surface area contributed by atoms with Crippen molar-refractivity contribution in [3.05, 3.63) is 59.1 Å². The molecule has 1 aliphatic heterocycles. The van der Waals surface area contributed by atoms with Crippen LogP contribution in [0.1, 0.15) is 12.5 Å². The second-order valence-electron chi connectivity index (χ2n) is 6.51. The molecule has 0 saturated carbocycles. The van der Waals surface area contributed by atoms with Crippen LogP contribution < -0.4 is 16.0 Å². The number of piperazine rings is 1. The van der Waals surface area contributed by atoms with Gasteiger partial charge in [0.05, 0.1) is 6.54 Å². The minimum Gasteiger partial charge on any atom is -0.370 e. The third-order valence-corrected chi connectivity index (χ3v) is 4.72. The smallest absolute Gasteiger partial charge is 0.221 e. The van der Waals surface area contributed by atoms with E-state index in [-0.39, 0.29) is 29.9 Å². The molecular formula is C20H25ClIN5O. The summed E-state index contributed by atoms with van der Waals surface area (Å²) in [4.78, 5) is 20.1. The van der Waals surface area contributed by atoms with Crippen LogP contribution in [0.4, 0.5) is 11.4 Å². The van der Waals surface area contributed by atoms with Gasteiger partial charge in [-0.2, -0.15) is 0 Å². The molecule has 0 radical (unpaired) electrons. The molecule has 0 atom stereocenters. The van der Waals surface area contributed by atoms with E-state index in [0.717, 1.165) is 42.5 Å². The zero-order valence-corrected chi connectivity index (χ0v) is 18.9. The van der Waals surface area contributed by atoms with Crippen LogP contribution in [0.5, 0.6) is 0 Å². The molecule has 1 saturated heterocycles. The number of carbonyl (C=O) groups is 1. The lowest BCUT2D eigenvalue weighted by atomic mass is 10.2. The maximum atomic E-state index is 11.2. The first-order valence-electron chi connectivity index (χ1n) is 8.93. The largest absolute Gasteiger partial charge is 0.370 e. The Bertz CT molecular complexity index is 820. The standard InChI is InChI=1S/C20H24ClN5O.HI/c1-15(27)24-18-4-2-3-16(13-18)14-23-20(22)26-11-9-25(10-12-26)19-7-5-17(21)6-8-19;/h2-8,13H,9-12,14H2,1H3,(H2,22,23)(H,24,27);1H. The molecule has 1 amide bonds. The van der Waals surface area contributed by atoms with Gasteiger partial charge in [-0.05, 0) is 42.0 Å². The molecule has 2 aromatic rings. The molecule has 3 N–H and O–H groups in total. The second-order valence-corrected chi connectivity index (χ2v) is 6.94. The van der Waals surface area contributed by atoms with Crippen molar-refractivity contribution in [1.82, 2.24) is 4.90 Å². The molecule has 3 rings (SSSR count). The first kappa shape index (κ1) is 22.3. The van der Waals surface area contributed by atoms with Gasteiger partial charge in [-0.3, -0.25) is 4.79 Å². The van der Waals surface area contributed by atoms with Crippen LogP contribution in [0, 0.1) is 0 Å². The van der Waals surface area contributed by atoms with E-state index in [1.165, 1.54) is 12.6 Å². The molecule has 0 spiro atoms. The lowest BCUT2D eigenvalue weighted by Gasteiger charge is -2.36. The van der Waals surface area contributed by atoms with Gasteiger partial charge in [-0.1, -0.05) is 23.7 Å². The Morgan fingerprint density at radius 3 is 2.46 bits per heavy atom. The fourth-order valence-electron chi connectivity index (χ4n) is 3.07. The third kappa shape index (κ3) is 6.27. The monoisotopic (exact) mass is 513 g/mol. The van der Waals surface area contributed by atoms with Gasteiger partial charge in [0.25, 0.3) is 0 Å². The van der Waals surface area contributed by atoms with E-state index in [0.29, 0.717) is 12.5 Å². The third-order valence-electron chi connectivity index (χ3n) is 4.47. The molecule has 0 unspecified atom stereocenters. The molecule has 0 aliphatic carbocycles. The van der Waals surface area contributed by atoms with Gasteiger partial charge in [-0.15, -0.1) is 24.0 Å². The highest BCUT2D eigenvalue weighted by Crippen LogP contribution is 2.19. The van der Waals surface area contributed by atoms with Gasteiger partial charge >= 0.3 is 0 Å². The molecule has 0 bridgehead atoms. The van der Waals surface area contributed by atoms with Crippen molar-refractivity contribution in [1.29, 1.82) is 0 Å². The summed E-state index contributed by atoms with van der Waals surface area (Å²) in [6, 6.07) is 15.5. The number of nitrogens with two attached hydrogens (primary N) is 1. The fraction of sp³-hybridized carbons (Fsp3) is 0.300. The summed E-state index contributed by atoms with van der Waals surface area (Å²) in [6.45, 7) is 5.39. The number of nitrogens with zero attached hydrogens (tertiary/aromatic N) is 3. The summed E-state index contributed by atoms with van der Waals surface area (Å²) in [5, 5.41) is 3.52. The van der Waals surface area contributed by atoms with Crippen molar-refractivity contribution in [3.8, 4) is 0 Å². The van der Waals surface area contributed by atoms with Crippen molar-refractivity contribution in [2.75, 3.05) is 36.4 Å². The van der Waals surface area contributed by atoms with Crippen LogP contribution in [0.3, 0.4) is 0 Å². The van der Waals surface area contributed by atoms with Gasteiger partial charge in [-0.25, -0.2) is 4.99 Å². The Labute approximate surface area is 187 Å². The average molecular weight is 514 g/mol. The van der Waals surface area contributed by atoms with Gasteiger partial charge in [0.1, 0.15) is 0 Å². The highest BCUT2D eigenvalue weighted by molar-refractivity contribution is 14.0. The topological polar surface area (TPSA) is 74.0 Å². The van der Waals surface area contributed by atoms with E-state index < -0.39 is 0 Å². The summed E-state index contributed by atoms with van der Waals surface area (Å²) in [5.41, 5.74) is 9.13. The van der Waals surface area contributed by atoms with Crippen LogP contribution in [0.25, 0.3) is 0 Å². The quantitative estimate of drug-likeness (QED) is 0.373. The number of benzene rings is 2. The average Bonchev–Trinajstić information content (AvgIpc) is 2.67. The first-order valence-corrected chi connectivity index (χ1v) is 9.31. The molecule has 0 aromatic heterocycles. The molecule has 8 heteroatoms. The molecule has 2 aromatic carbocycles. The molecule has 6 nitrogen and oxygen atoms in total. The first-order chi connectivity index (χ1) is 13.0.